The molecule has 34 heavy (non-hydrogen) atoms. The minimum Gasteiger partial charge on any atom is -0.481 e. The van der Waals surface area contributed by atoms with Gasteiger partial charge >= 0.3 is 12.1 Å². The third-order valence-corrected chi connectivity index (χ3v) is 6.51. The highest BCUT2D eigenvalue weighted by Crippen LogP contribution is 2.44. The third-order valence-electron chi connectivity index (χ3n) is 6.51. The summed E-state index contributed by atoms with van der Waals surface area (Å²) in [5.74, 6) is -0.938. The molecule has 2 aromatic rings. The fourth-order valence-corrected chi connectivity index (χ4v) is 4.44. The van der Waals surface area contributed by atoms with Gasteiger partial charge in [-0.3, -0.25) is 9.59 Å². The van der Waals surface area contributed by atoms with Crippen LogP contribution in [0.4, 0.5) is 4.79 Å². The van der Waals surface area contributed by atoms with E-state index in [9.17, 15) is 14.4 Å². The van der Waals surface area contributed by atoms with Gasteiger partial charge in [-0.2, -0.15) is 0 Å². The summed E-state index contributed by atoms with van der Waals surface area (Å²) in [5.41, 5.74) is 3.41. The van der Waals surface area contributed by atoms with Gasteiger partial charge in [-0.15, -0.1) is 0 Å². The van der Waals surface area contributed by atoms with Crippen LogP contribution in [0.2, 0.25) is 0 Å². The van der Waals surface area contributed by atoms with Crippen molar-refractivity contribution in [3.05, 3.63) is 59.7 Å². The zero-order valence-electron chi connectivity index (χ0n) is 20.1. The minimum absolute atomic E-state index is 0.0492. The zero-order chi connectivity index (χ0) is 24.7. The molecular weight excluding hydrogens is 432 g/mol. The lowest BCUT2D eigenvalue weighted by molar-refractivity contribution is -0.137. The van der Waals surface area contributed by atoms with Crippen molar-refractivity contribution in [3.8, 4) is 11.1 Å². The van der Waals surface area contributed by atoms with Gasteiger partial charge in [-0.05, 0) is 54.9 Å². The van der Waals surface area contributed by atoms with Gasteiger partial charge in [0.15, 0.2) is 0 Å². The van der Waals surface area contributed by atoms with Crippen LogP contribution in [-0.4, -0.2) is 41.8 Å². The number of hydrogen-bond acceptors (Lipinski definition) is 4. The first-order valence-corrected chi connectivity index (χ1v) is 11.9. The highest BCUT2D eigenvalue weighted by Gasteiger charge is 2.32. The predicted octanol–water partition coefficient (Wildman–Crippen LogP) is 4.70. The second-order valence-electron chi connectivity index (χ2n) is 9.33. The van der Waals surface area contributed by atoms with Gasteiger partial charge in [0.25, 0.3) is 0 Å². The van der Waals surface area contributed by atoms with E-state index in [1.807, 2.05) is 31.2 Å². The van der Waals surface area contributed by atoms with E-state index in [0.717, 1.165) is 28.7 Å². The number of rotatable bonds is 11. The molecule has 0 saturated heterocycles. The van der Waals surface area contributed by atoms with Crippen LogP contribution < -0.4 is 10.6 Å². The SMILES string of the molecule is CCC(CCNC(=O)C(C)(C)NC(=O)OCC1c2ccccc2-c2ccccc21)CCC(=O)O. The Balaban J connectivity index is 1.50. The molecule has 3 N–H and O–H groups in total. The average molecular weight is 467 g/mol. The quantitative estimate of drug-likeness (QED) is 0.445. The molecule has 0 saturated carbocycles. The molecule has 3 rings (SSSR count). The van der Waals surface area contributed by atoms with Crippen LogP contribution >= 0.6 is 0 Å². The number of aliphatic carboxylic acids is 1. The van der Waals surface area contributed by atoms with Crippen LogP contribution in [0.5, 0.6) is 0 Å². The molecule has 1 aliphatic carbocycles. The Hall–Kier alpha value is -3.35. The molecule has 1 unspecified atom stereocenters. The highest BCUT2D eigenvalue weighted by molar-refractivity contribution is 5.89. The Morgan fingerprint density at radius 2 is 1.59 bits per heavy atom. The van der Waals surface area contributed by atoms with Crippen molar-refractivity contribution in [1.82, 2.24) is 10.6 Å². The monoisotopic (exact) mass is 466 g/mol. The van der Waals surface area contributed by atoms with Gasteiger partial charge in [0.05, 0.1) is 0 Å². The number of benzene rings is 2. The number of alkyl carbamates (subject to hydrolysis) is 1. The smallest absolute Gasteiger partial charge is 0.408 e. The molecule has 0 aromatic heterocycles. The van der Waals surface area contributed by atoms with Crippen molar-refractivity contribution in [2.45, 2.75) is 57.9 Å². The van der Waals surface area contributed by atoms with Crippen molar-refractivity contribution in [1.29, 1.82) is 0 Å². The predicted molar refractivity (Wildman–Crippen MR) is 131 cm³/mol. The van der Waals surface area contributed by atoms with E-state index in [0.29, 0.717) is 19.4 Å². The summed E-state index contributed by atoms with van der Waals surface area (Å²) in [4.78, 5) is 36.0. The first-order valence-electron chi connectivity index (χ1n) is 11.9. The van der Waals surface area contributed by atoms with Gasteiger partial charge in [-0.1, -0.05) is 61.9 Å². The number of hydrogen-bond donors (Lipinski definition) is 3. The van der Waals surface area contributed by atoms with Gasteiger partial charge in [0.1, 0.15) is 12.1 Å². The van der Waals surface area contributed by atoms with Crippen molar-refractivity contribution in [2.75, 3.05) is 13.2 Å². The molecular formula is C27H34N2O5. The van der Waals surface area contributed by atoms with Crippen LogP contribution in [-0.2, 0) is 14.3 Å². The lowest BCUT2D eigenvalue weighted by Crippen LogP contribution is -2.55. The zero-order valence-corrected chi connectivity index (χ0v) is 20.1. The lowest BCUT2D eigenvalue weighted by atomic mass is 9.96. The normalized spacial score (nSPS) is 13.5. The molecule has 182 valence electrons. The Bertz CT molecular complexity index is 988. The van der Waals surface area contributed by atoms with Crippen molar-refractivity contribution in [2.24, 2.45) is 5.92 Å². The summed E-state index contributed by atoms with van der Waals surface area (Å²) >= 11 is 0. The Morgan fingerprint density at radius 3 is 2.15 bits per heavy atom. The number of carbonyl (C=O) groups excluding carboxylic acids is 2. The van der Waals surface area contributed by atoms with Gasteiger partial charge in [-0.25, -0.2) is 4.79 Å². The van der Waals surface area contributed by atoms with E-state index < -0.39 is 17.6 Å². The van der Waals surface area contributed by atoms with Gasteiger partial charge in [0, 0.05) is 18.9 Å². The summed E-state index contributed by atoms with van der Waals surface area (Å²) in [6.07, 6.45) is 1.61. The average Bonchev–Trinajstić information content (AvgIpc) is 3.13. The van der Waals surface area contributed by atoms with Crippen LogP contribution in [0.1, 0.15) is 63.5 Å². The van der Waals surface area contributed by atoms with E-state index >= 15 is 0 Å². The topological polar surface area (TPSA) is 105 Å². The van der Waals surface area contributed by atoms with Crippen LogP contribution in [0.25, 0.3) is 11.1 Å². The number of ether oxygens (including phenoxy) is 1. The van der Waals surface area contributed by atoms with E-state index in [-0.39, 0.29) is 30.8 Å². The summed E-state index contributed by atoms with van der Waals surface area (Å²) in [6.45, 7) is 5.88. The summed E-state index contributed by atoms with van der Waals surface area (Å²) < 4.78 is 5.55. The second-order valence-corrected chi connectivity index (χ2v) is 9.33. The fourth-order valence-electron chi connectivity index (χ4n) is 4.44. The molecule has 0 heterocycles. The van der Waals surface area contributed by atoms with E-state index in [4.69, 9.17) is 9.84 Å². The Morgan fingerprint density at radius 1 is 1.00 bits per heavy atom. The number of amides is 2. The van der Waals surface area contributed by atoms with E-state index in [2.05, 4.69) is 34.9 Å². The van der Waals surface area contributed by atoms with E-state index in [1.165, 1.54) is 0 Å². The highest BCUT2D eigenvalue weighted by atomic mass is 16.5. The summed E-state index contributed by atoms with van der Waals surface area (Å²) in [6, 6.07) is 16.2. The van der Waals surface area contributed by atoms with Crippen LogP contribution in [0.15, 0.2) is 48.5 Å². The molecule has 7 heteroatoms. The molecule has 0 aliphatic heterocycles. The molecule has 0 radical (unpaired) electrons. The molecule has 1 aliphatic rings. The molecule has 0 fully saturated rings. The number of fused-ring (bicyclic) bond motifs is 3. The van der Waals surface area contributed by atoms with Crippen molar-refractivity contribution >= 4 is 18.0 Å². The van der Waals surface area contributed by atoms with Crippen LogP contribution in [0.3, 0.4) is 0 Å². The summed E-state index contributed by atoms with van der Waals surface area (Å²) in [7, 11) is 0. The molecule has 0 spiro atoms. The maximum Gasteiger partial charge on any atom is 0.408 e. The maximum atomic E-state index is 12.6. The van der Waals surface area contributed by atoms with Crippen molar-refractivity contribution < 1.29 is 24.2 Å². The first kappa shape index (κ1) is 25.3. The molecule has 0 bridgehead atoms. The first-order chi connectivity index (χ1) is 16.2. The Labute approximate surface area is 200 Å². The van der Waals surface area contributed by atoms with Gasteiger partial charge in [0.2, 0.25) is 5.91 Å². The number of nitrogens with one attached hydrogen (secondary N) is 2. The largest absolute Gasteiger partial charge is 0.481 e. The lowest BCUT2D eigenvalue weighted by Gasteiger charge is -2.26. The fraction of sp³-hybridized carbons (Fsp3) is 0.444. The molecule has 2 aromatic carbocycles. The van der Waals surface area contributed by atoms with Gasteiger partial charge < -0.3 is 20.5 Å². The van der Waals surface area contributed by atoms with Crippen LogP contribution in [0, 0.1) is 5.92 Å². The molecule has 2 amide bonds. The van der Waals surface area contributed by atoms with Crippen molar-refractivity contribution in [3.63, 3.8) is 0 Å². The number of carboxylic acid groups (broad SMARTS) is 1. The summed E-state index contributed by atoms with van der Waals surface area (Å²) in [5, 5.41) is 14.4. The Kier molecular flexibility index (Phi) is 8.31. The van der Waals surface area contributed by atoms with E-state index in [1.54, 1.807) is 13.8 Å². The number of carboxylic acids is 1. The third kappa shape index (κ3) is 6.16. The molecule has 7 nitrogen and oxygen atoms in total. The second kappa shape index (κ2) is 11.2. The molecule has 1 atom stereocenters. The standard InChI is InChI=1S/C27H34N2O5/c1-4-18(13-14-24(30)31)15-16-28-25(32)27(2,3)29-26(33)34-17-23-21-11-7-5-9-19(21)20-10-6-8-12-22(20)23/h5-12,18,23H,4,13-17H2,1-3H3,(H,28,32)(H,29,33)(H,30,31). The minimum atomic E-state index is -1.15. The number of carbonyl (C=O) groups is 3. The maximum absolute atomic E-state index is 12.6.